The second kappa shape index (κ2) is 7.29. The molecular formula is C19H18FN3O2S. The number of piperidine rings is 1. The zero-order valence-electron chi connectivity index (χ0n) is 14.0. The van der Waals surface area contributed by atoms with Gasteiger partial charge in [-0.15, -0.1) is 11.3 Å². The van der Waals surface area contributed by atoms with Crippen LogP contribution in [-0.4, -0.2) is 34.9 Å². The van der Waals surface area contributed by atoms with Crippen molar-refractivity contribution in [3.8, 4) is 11.1 Å². The molecule has 0 aliphatic carbocycles. The standard InChI is InChI=1S/C19H18FN3O2S/c20-14-3-1-13(2-4-14)16-7-11-25-17(16)18(24)23-9-5-15(6-10-23)22-19-21-8-12-26-19/h1-4,7-8,11-12,15H,5-6,9-10H2,(H,21,22). The highest BCUT2D eigenvalue weighted by Gasteiger charge is 2.27. The topological polar surface area (TPSA) is 58.4 Å². The van der Waals surface area contributed by atoms with Crippen molar-refractivity contribution < 1.29 is 13.6 Å². The largest absolute Gasteiger partial charge is 0.459 e. The molecule has 1 amide bonds. The molecule has 3 aromatic rings. The highest BCUT2D eigenvalue weighted by Crippen LogP contribution is 2.27. The van der Waals surface area contributed by atoms with Gasteiger partial charge in [0.1, 0.15) is 5.82 Å². The number of thiazole rings is 1. The molecule has 0 saturated carbocycles. The summed E-state index contributed by atoms with van der Waals surface area (Å²) in [6.45, 7) is 1.32. The average Bonchev–Trinajstić information content (AvgIpc) is 3.34. The van der Waals surface area contributed by atoms with Gasteiger partial charge in [-0.1, -0.05) is 12.1 Å². The van der Waals surface area contributed by atoms with Gasteiger partial charge in [0, 0.05) is 36.3 Å². The third-order valence-corrected chi connectivity index (χ3v) is 5.26. The lowest BCUT2D eigenvalue weighted by Gasteiger charge is -2.32. The fourth-order valence-electron chi connectivity index (χ4n) is 3.17. The Hall–Kier alpha value is -2.67. The molecule has 0 radical (unpaired) electrons. The lowest BCUT2D eigenvalue weighted by molar-refractivity contribution is 0.0687. The zero-order chi connectivity index (χ0) is 17.9. The third-order valence-electron chi connectivity index (χ3n) is 4.56. The Morgan fingerprint density at radius 2 is 2.00 bits per heavy atom. The van der Waals surface area contributed by atoms with Crippen LogP contribution in [0.3, 0.4) is 0 Å². The van der Waals surface area contributed by atoms with Crippen molar-refractivity contribution in [1.82, 2.24) is 9.88 Å². The Balaban J connectivity index is 1.43. The number of benzene rings is 1. The van der Waals surface area contributed by atoms with Crippen LogP contribution in [0.4, 0.5) is 9.52 Å². The first kappa shape index (κ1) is 16.8. The van der Waals surface area contributed by atoms with Gasteiger partial charge in [0.25, 0.3) is 5.91 Å². The molecule has 1 fully saturated rings. The predicted octanol–water partition coefficient (Wildman–Crippen LogP) is 4.26. The lowest BCUT2D eigenvalue weighted by Crippen LogP contribution is -2.42. The second-order valence-electron chi connectivity index (χ2n) is 6.22. The summed E-state index contributed by atoms with van der Waals surface area (Å²) >= 11 is 1.58. The number of aromatic nitrogens is 1. The van der Waals surface area contributed by atoms with E-state index in [9.17, 15) is 9.18 Å². The molecule has 3 heterocycles. The van der Waals surface area contributed by atoms with Gasteiger partial charge in [-0.05, 0) is 36.6 Å². The van der Waals surface area contributed by atoms with E-state index in [2.05, 4.69) is 10.3 Å². The van der Waals surface area contributed by atoms with Crippen LogP contribution < -0.4 is 5.32 Å². The molecule has 1 saturated heterocycles. The molecule has 134 valence electrons. The number of furan rings is 1. The van der Waals surface area contributed by atoms with Gasteiger partial charge in [-0.25, -0.2) is 9.37 Å². The van der Waals surface area contributed by atoms with Crippen LogP contribution in [0.15, 0.2) is 52.6 Å². The number of nitrogens with zero attached hydrogens (tertiary/aromatic N) is 2. The fraction of sp³-hybridized carbons (Fsp3) is 0.263. The van der Waals surface area contributed by atoms with E-state index in [0.29, 0.717) is 30.5 Å². The van der Waals surface area contributed by atoms with Crippen molar-refractivity contribution in [2.75, 3.05) is 18.4 Å². The van der Waals surface area contributed by atoms with E-state index in [-0.39, 0.29) is 11.7 Å². The minimum absolute atomic E-state index is 0.123. The number of rotatable bonds is 4. The molecule has 0 unspecified atom stereocenters. The zero-order valence-corrected chi connectivity index (χ0v) is 14.8. The molecule has 1 N–H and O–H groups in total. The van der Waals surface area contributed by atoms with Crippen LogP contribution in [0.25, 0.3) is 11.1 Å². The number of carbonyl (C=O) groups excluding carboxylic acids is 1. The van der Waals surface area contributed by atoms with Crippen LogP contribution in [0.1, 0.15) is 23.4 Å². The van der Waals surface area contributed by atoms with Crippen molar-refractivity contribution in [3.63, 3.8) is 0 Å². The molecule has 2 aromatic heterocycles. The Morgan fingerprint density at radius 1 is 1.23 bits per heavy atom. The SMILES string of the molecule is O=C(c1occc1-c1ccc(F)cc1)N1CCC(Nc2nccs2)CC1. The van der Waals surface area contributed by atoms with Gasteiger partial charge in [-0.3, -0.25) is 4.79 Å². The number of carbonyl (C=O) groups is 1. The molecule has 0 spiro atoms. The smallest absolute Gasteiger partial charge is 0.290 e. The molecule has 7 heteroatoms. The van der Waals surface area contributed by atoms with E-state index in [0.717, 1.165) is 23.5 Å². The van der Waals surface area contributed by atoms with Gasteiger partial charge < -0.3 is 14.6 Å². The Morgan fingerprint density at radius 3 is 2.69 bits per heavy atom. The van der Waals surface area contributed by atoms with E-state index in [1.54, 1.807) is 35.7 Å². The minimum atomic E-state index is -0.306. The molecular weight excluding hydrogens is 353 g/mol. The van der Waals surface area contributed by atoms with E-state index in [1.165, 1.54) is 18.4 Å². The van der Waals surface area contributed by atoms with Gasteiger partial charge >= 0.3 is 0 Å². The number of halogens is 1. The van der Waals surface area contributed by atoms with Gasteiger partial charge in [-0.2, -0.15) is 0 Å². The maximum atomic E-state index is 13.1. The normalized spacial score (nSPS) is 15.2. The van der Waals surface area contributed by atoms with Gasteiger partial charge in [0.2, 0.25) is 0 Å². The fourth-order valence-corrected chi connectivity index (χ4v) is 3.78. The molecule has 1 aromatic carbocycles. The van der Waals surface area contributed by atoms with Crippen LogP contribution in [-0.2, 0) is 0 Å². The van der Waals surface area contributed by atoms with Crippen molar-refractivity contribution in [2.45, 2.75) is 18.9 Å². The first-order valence-electron chi connectivity index (χ1n) is 8.49. The van der Waals surface area contributed by atoms with Crippen LogP contribution in [0, 0.1) is 5.82 Å². The molecule has 0 atom stereocenters. The average molecular weight is 371 g/mol. The van der Waals surface area contributed by atoms with Crippen molar-refractivity contribution in [1.29, 1.82) is 0 Å². The summed E-state index contributed by atoms with van der Waals surface area (Å²) < 4.78 is 18.6. The Bertz CT molecular complexity index is 869. The van der Waals surface area contributed by atoms with E-state index in [1.807, 2.05) is 10.3 Å². The quantitative estimate of drug-likeness (QED) is 0.744. The molecule has 0 bridgehead atoms. The minimum Gasteiger partial charge on any atom is -0.459 e. The van der Waals surface area contributed by atoms with Crippen LogP contribution in [0.2, 0.25) is 0 Å². The van der Waals surface area contributed by atoms with Crippen molar-refractivity contribution in [2.24, 2.45) is 0 Å². The van der Waals surface area contributed by atoms with E-state index in [4.69, 9.17) is 4.42 Å². The van der Waals surface area contributed by atoms with Crippen LogP contribution in [0.5, 0.6) is 0 Å². The summed E-state index contributed by atoms with van der Waals surface area (Å²) in [7, 11) is 0. The summed E-state index contributed by atoms with van der Waals surface area (Å²) in [6.07, 6.45) is 5.00. The molecule has 5 nitrogen and oxygen atoms in total. The highest BCUT2D eigenvalue weighted by molar-refractivity contribution is 7.13. The first-order chi connectivity index (χ1) is 12.7. The molecule has 1 aliphatic heterocycles. The number of nitrogens with one attached hydrogen (secondary N) is 1. The predicted molar refractivity (Wildman–Crippen MR) is 98.8 cm³/mol. The first-order valence-corrected chi connectivity index (χ1v) is 9.37. The molecule has 4 rings (SSSR count). The number of likely N-dealkylation sites (tertiary alicyclic amines) is 1. The third kappa shape index (κ3) is 3.48. The number of hydrogen-bond donors (Lipinski definition) is 1. The maximum absolute atomic E-state index is 13.1. The summed E-state index contributed by atoms with van der Waals surface area (Å²) in [4.78, 5) is 18.9. The summed E-state index contributed by atoms with van der Waals surface area (Å²) in [6, 6.07) is 8.14. The number of hydrogen-bond acceptors (Lipinski definition) is 5. The van der Waals surface area contributed by atoms with Crippen molar-refractivity contribution >= 4 is 22.4 Å². The van der Waals surface area contributed by atoms with E-state index >= 15 is 0 Å². The molecule has 26 heavy (non-hydrogen) atoms. The Labute approximate surface area is 154 Å². The summed E-state index contributed by atoms with van der Waals surface area (Å²) in [5.74, 6) is -0.120. The Kier molecular flexibility index (Phi) is 4.71. The number of anilines is 1. The highest BCUT2D eigenvalue weighted by atomic mass is 32.1. The summed E-state index contributed by atoms with van der Waals surface area (Å²) in [5.41, 5.74) is 1.46. The maximum Gasteiger partial charge on any atom is 0.290 e. The van der Waals surface area contributed by atoms with E-state index < -0.39 is 0 Å². The van der Waals surface area contributed by atoms with Gasteiger partial charge in [0.05, 0.1) is 6.26 Å². The summed E-state index contributed by atoms with van der Waals surface area (Å²) in [5, 5.41) is 6.26. The lowest BCUT2D eigenvalue weighted by atomic mass is 10.0. The van der Waals surface area contributed by atoms with Gasteiger partial charge in [0.15, 0.2) is 10.9 Å². The second-order valence-corrected chi connectivity index (χ2v) is 7.11. The number of amides is 1. The van der Waals surface area contributed by atoms with Crippen LogP contribution >= 0.6 is 11.3 Å². The molecule has 1 aliphatic rings. The monoisotopic (exact) mass is 371 g/mol. The van der Waals surface area contributed by atoms with Crippen molar-refractivity contribution in [3.05, 3.63) is 59.7 Å².